The highest BCUT2D eigenvalue weighted by Crippen LogP contribution is 2.28. The lowest BCUT2D eigenvalue weighted by Gasteiger charge is -2.18. The largest absolute Gasteiger partial charge is 0.496 e. The summed E-state index contributed by atoms with van der Waals surface area (Å²) < 4.78 is 5.51. The number of nitrogens with one attached hydrogen (secondary N) is 3. The van der Waals surface area contributed by atoms with Crippen LogP contribution in [0.1, 0.15) is 31.2 Å². The van der Waals surface area contributed by atoms with E-state index in [1.165, 1.54) is 18.4 Å². The molecule has 0 atom stereocenters. The lowest BCUT2D eigenvalue weighted by Crippen LogP contribution is -2.43. The van der Waals surface area contributed by atoms with Crippen LogP contribution in [0.3, 0.4) is 0 Å². The zero-order valence-electron chi connectivity index (χ0n) is 17.0. The molecular weight excluding hydrogens is 354 g/mol. The number of carbonyl (C=O) groups excluding carboxylic acids is 1. The monoisotopic (exact) mass is 385 g/mol. The third kappa shape index (κ3) is 4.97. The Bertz CT molecular complexity index is 821. The van der Waals surface area contributed by atoms with Crippen LogP contribution in [0, 0.1) is 0 Å². The minimum atomic E-state index is -0.00566. The Morgan fingerprint density at radius 1 is 1.32 bits per heavy atom. The van der Waals surface area contributed by atoms with Crippen LogP contribution < -0.4 is 15.4 Å². The molecular formula is C21H31N5O2. The van der Waals surface area contributed by atoms with E-state index in [2.05, 4.69) is 26.7 Å². The summed E-state index contributed by atoms with van der Waals surface area (Å²) in [5, 5.41) is 8.00. The second-order valence-electron chi connectivity index (χ2n) is 7.45. The standard InChI is InChI=1S/C21H31N5O2/c1-26(2)19(27)14-24-21(25-16-7-4-5-8-16)22-12-11-15-13-23-17-9-6-10-18(28-3)20(15)17/h6,9-10,13,16,23H,4-5,7-8,11-12,14H2,1-3H3,(H2,22,24,25). The molecule has 1 aliphatic rings. The van der Waals surface area contributed by atoms with Crippen molar-refractivity contribution in [2.45, 2.75) is 38.1 Å². The van der Waals surface area contributed by atoms with Crippen LogP contribution in [-0.2, 0) is 11.2 Å². The van der Waals surface area contributed by atoms with Gasteiger partial charge in [0.15, 0.2) is 5.96 Å². The number of hydrogen-bond donors (Lipinski definition) is 3. The van der Waals surface area contributed by atoms with Gasteiger partial charge in [-0.3, -0.25) is 4.79 Å². The summed E-state index contributed by atoms with van der Waals surface area (Å²) in [6.07, 6.45) is 7.66. The van der Waals surface area contributed by atoms with Crippen molar-refractivity contribution in [3.63, 3.8) is 0 Å². The van der Waals surface area contributed by atoms with E-state index in [-0.39, 0.29) is 12.5 Å². The van der Waals surface area contributed by atoms with Gasteiger partial charge in [-0.1, -0.05) is 18.9 Å². The van der Waals surface area contributed by atoms with Crippen LogP contribution in [0.4, 0.5) is 0 Å². The molecule has 1 aromatic heterocycles. The number of nitrogens with zero attached hydrogens (tertiary/aromatic N) is 2. The number of H-pyrrole nitrogens is 1. The van der Waals surface area contributed by atoms with Crippen molar-refractivity contribution < 1.29 is 9.53 Å². The van der Waals surface area contributed by atoms with Crippen LogP contribution >= 0.6 is 0 Å². The maximum absolute atomic E-state index is 11.9. The number of aliphatic imine (C=N–C) groups is 1. The number of aromatic amines is 1. The van der Waals surface area contributed by atoms with Crippen molar-refractivity contribution >= 4 is 22.8 Å². The number of methoxy groups -OCH3 is 1. The summed E-state index contributed by atoms with van der Waals surface area (Å²) in [4.78, 5) is 21.3. The fourth-order valence-electron chi connectivity index (χ4n) is 3.61. The van der Waals surface area contributed by atoms with Gasteiger partial charge in [-0.2, -0.15) is 0 Å². The number of hydrogen-bond acceptors (Lipinski definition) is 3. The molecule has 7 nitrogen and oxygen atoms in total. The molecule has 0 spiro atoms. The molecule has 2 aromatic rings. The third-order valence-corrected chi connectivity index (χ3v) is 5.22. The van der Waals surface area contributed by atoms with E-state index in [1.807, 2.05) is 18.3 Å². The van der Waals surface area contributed by atoms with Gasteiger partial charge >= 0.3 is 0 Å². The first kappa shape index (κ1) is 20.0. The van der Waals surface area contributed by atoms with E-state index in [1.54, 1.807) is 26.1 Å². The average Bonchev–Trinajstić information content (AvgIpc) is 3.35. The van der Waals surface area contributed by atoms with Gasteiger partial charge < -0.3 is 25.3 Å². The maximum Gasteiger partial charge on any atom is 0.243 e. The Morgan fingerprint density at radius 3 is 2.82 bits per heavy atom. The fourth-order valence-corrected chi connectivity index (χ4v) is 3.61. The highest BCUT2D eigenvalue weighted by Gasteiger charge is 2.17. The maximum atomic E-state index is 11.9. The van der Waals surface area contributed by atoms with Gasteiger partial charge in [0, 0.05) is 43.8 Å². The number of likely N-dealkylation sites (N-methyl/N-ethyl adjacent to an activating group) is 1. The molecule has 152 valence electrons. The summed E-state index contributed by atoms with van der Waals surface area (Å²) in [5.74, 6) is 1.59. The number of carbonyl (C=O) groups is 1. The van der Waals surface area contributed by atoms with Crippen molar-refractivity contribution in [1.29, 1.82) is 0 Å². The predicted octanol–water partition coefficient (Wildman–Crippen LogP) is 2.29. The van der Waals surface area contributed by atoms with E-state index in [0.29, 0.717) is 12.0 Å². The van der Waals surface area contributed by atoms with Crippen LogP contribution in [0.25, 0.3) is 10.9 Å². The minimum Gasteiger partial charge on any atom is -0.496 e. The van der Waals surface area contributed by atoms with Gasteiger partial charge in [-0.15, -0.1) is 0 Å². The van der Waals surface area contributed by atoms with Crippen molar-refractivity contribution in [3.05, 3.63) is 30.0 Å². The molecule has 1 heterocycles. The van der Waals surface area contributed by atoms with Gasteiger partial charge in [0.1, 0.15) is 12.3 Å². The molecule has 1 saturated carbocycles. The van der Waals surface area contributed by atoms with Crippen LogP contribution in [0.5, 0.6) is 5.75 Å². The second kappa shape index (κ2) is 9.48. The predicted molar refractivity (Wildman–Crippen MR) is 113 cm³/mol. The topological polar surface area (TPSA) is 81.7 Å². The summed E-state index contributed by atoms with van der Waals surface area (Å²) in [6.45, 7) is 0.871. The van der Waals surface area contributed by atoms with E-state index < -0.39 is 0 Å². The van der Waals surface area contributed by atoms with Gasteiger partial charge in [0.05, 0.1) is 7.11 Å². The molecule has 3 N–H and O–H groups in total. The van der Waals surface area contributed by atoms with E-state index in [4.69, 9.17) is 4.74 Å². The number of ether oxygens (including phenoxy) is 1. The SMILES string of the molecule is COc1cccc2[nH]cc(CCNC(=NCC(=O)N(C)C)NC3CCCC3)c12. The zero-order chi connectivity index (χ0) is 19.9. The zero-order valence-corrected chi connectivity index (χ0v) is 17.0. The van der Waals surface area contributed by atoms with Crippen LogP contribution in [0.15, 0.2) is 29.4 Å². The summed E-state index contributed by atoms with van der Waals surface area (Å²) in [7, 11) is 5.20. The van der Waals surface area contributed by atoms with Crippen LogP contribution in [-0.4, -0.2) is 62.1 Å². The smallest absolute Gasteiger partial charge is 0.243 e. The third-order valence-electron chi connectivity index (χ3n) is 5.22. The molecule has 0 unspecified atom stereocenters. The molecule has 1 aromatic carbocycles. The Hall–Kier alpha value is -2.70. The van der Waals surface area contributed by atoms with Crippen molar-refractivity contribution in [1.82, 2.24) is 20.5 Å². The average molecular weight is 386 g/mol. The first-order valence-electron chi connectivity index (χ1n) is 9.96. The van der Waals surface area contributed by atoms with Gasteiger partial charge in [-0.05, 0) is 37.0 Å². The normalized spacial score (nSPS) is 15.0. The van der Waals surface area contributed by atoms with Crippen LogP contribution in [0.2, 0.25) is 0 Å². The molecule has 0 saturated heterocycles. The molecule has 0 bridgehead atoms. The Labute approximate surface area is 166 Å². The number of guanidine groups is 1. The lowest BCUT2D eigenvalue weighted by atomic mass is 10.1. The summed E-state index contributed by atoms with van der Waals surface area (Å²) >= 11 is 0. The number of benzene rings is 1. The highest BCUT2D eigenvalue weighted by molar-refractivity contribution is 5.89. The van der Waals surface area contributed by atoms with Crippen molar-refractivity contribution in [2.75, 3.05) is 34.3 Å². The Kier molecular flexibility index (Phi) is 6.79. The van der Waals surface area contributed by atoms with Crippen molar-refractivity contribution in [2.24, 2.45) is 4.99 Å². The molecule has 0 aliphatic heterocycles. The molecule has 1 amide bonds. The summed E-state index contributed by atoms with van der Waals surface area (Å²) in [6, 6.07) is 6.46. The van der Waals surface area contributed by atoms with Crippen molar-refractivity contribution in [3.8, 4) is 5.75 Å². The molecule has 28 heavy (non-hydrogen) atoms. The fraction of sp³-hybridized carbons (Fsp3) is 0.524. The van der Waals surface area contributed by atoms with Gasteiger partial charge in [0.25, 0.3) is 0 Å². The van der Waals surface area contributed by atoms with Gasteiger partial charge in [0.2, 0.25) is 5.91 Å². The summed E-state index contributed by atoms with van der Waals surface area (Å²) in [5.41, 5.74) is 2.27. The Balaban J connectivity index is 1.64. The molecule has 0 radical (unpaired) electrons. The molecule has 1 aliphatic carbocycles. The quantitative estimate of drug-likeness (QED) is 0.505. The van der Waals surface area contributed by atoms with E-state index in [9.17, 15) is 4.79 Å². The first-order chi connectivity index (χ1) is 13.6. The molecule has 1 fully saturated rings. The second-order valence-corrected chi connectivity index (χ2v) is 7.45. The molecule has 3 rings (SSSR count). The number of aromatic nitrogens is 1. The number of amides is 1. The first-order valence-corrected chi connectivity index (χ1v) is 9.96. The van der Waals surface area contributed by atoms with Gasteiger partial charge in [-0.25, -0.2) is 4.99 Å². The Morgan fingerprint density at radius 2 is 2.11 bits per heavy atom. The minimum absolute atomic E-state index is 0.00566. The molecule has 7 heteroatoms. The van der Waals surface area contributed by atoms with E-state index >= 15 is 0 Å². The number of rotatable bonds is 7. The highest BCUT2D eigenvalue weighted by atomic mass is 16.5. The number of fused-ring (bicyclic) bond motifs is 1. The lowest BCUT2D eigenvalue weighted by molar-refractivity contribution is -0.127. The van der Waals surface area contributed by atoms with E-state index in [0.717, 1.165) is 42.5 Å².